The highest BCUT2D eigenvalue weighted by atomic mass is 32.1. The van der Waals surface area contributed by atoms with Gasteiger partial charge in [-0.05, 0) is 32.4 Å². The minimum atomic E-state index is -0.757. The summed E-state index contributed by atoms with van der Waals surface area (Å²) in [5, 5.41) is 0.487. The van der Waals surface area contributed by atoms with Crippen molar-refractivity contribution in [2.75, 3.05) is 20.3 Å². The fraction of sp³-hybridized carbons (Fsp3) is 0.444. The Labute approximate surface area is 150 Å². The van der Waals surface area contributed by atoms with Crippen molar-refractivity contribution in [2.45, 2.75) is 33.3 Å². The van der Waals surface area contributed by atoms with Crippen LogP contribution in [0.4, 0.5) is 4.39 Å². The summed E-state index contributed by atoms with van der Waals surface area (Å²) in [6.07, 6.45) is 2.46. The number of aromatic nitrogens is 1. The van der Waals surface area contributed by atoms with Crippen molar-refractivity contribution >= 4 is 17.3 Å². The first-order valence-corrected chi connectivity index (χ1v) is 8.87. The summed E-state index contributed by atoms with van der Waals surface area (Å²) in [7, 11) is 1.21. The maximum atomic E-state index is 14.7. The van der Waals surface area contributed by atoms with Crippen LogP contribution in [-0.4, -0.2) is 37.4 Å². The zero-order valence-corrected chi connectivity index (χ0v) is 15.6. The average molecular weight is 367 g/mol. The number of hydrogen-bond donors (Lipinski definition) is 0. The number of carbonyl (C=O) groups excluding carboxylic acids is 1. The highest BCUT2D eigenvalue weighted by Gasteiger charge is 2.21. The zero-order valence-electron chi connectivity index (χ0n) is 14.8. The third-order valence-electron chi connectivity index (χ3n) is 3.39. The predicted octanol–water partition coefficient (Wildman–Crippen LogP) is 4.24. The first kappa shape index (κ1) is 19.3. The van der Waals surface area contributed by atoms with Crippen molar-refractivity contribution in [2.24, 2.45) is 0 Å². The van der Waals surface area contributed by atoms with E-state index in [-0.39, 0.29) is 17.2 Å². The fourth-order valence-corrected chi connectivity index (χ4v) is 2.93. The van der Waals surface area contributed by atoms with E-state index in [1.54, 1.807) is 12.3 Å². The smallest absolute Gasteiger partial charge is 0.341 e. The second-order valence-corrected chi connectivity index (χ2v) is 6.83. The number of esters is 1. The molecule has 0 fully saturated rings. The number of ether oxygens (including phenoxy) is 3. The number of thiazole rings is 1. The molecule has 0 unspecified atom stereocenters. The molecule has 5 nitrogen and oxygen atoms in total. The van der Waals surface area contributed by atoms with Gasteiger partial charge in [-0.3, -0.25) is 0 Å². The first-order valence-electron chi connectivity index (χ1n) is 8.05. The Balaban J connectivity index is 2.31. The lowest BCUT2D eigenvalue weighted by Crippen LogP contribution is -2.18. The molecule has 0 spiro atoms. The van der Waals surface area contributed by atoms with Gasteiger partial charge in [-0.1, -0.05) is 6.92 Å². The third kappa shape index (κ3) is 4.99. The van der Waals surface area contributed by atoms with Crippen molar-refractivity contribution < 1.29 is 23.4 Å². The number of halogens is 1. The van der Waals surface area contributed by atoms with E-state index in [0.29, 0.717) is 24.0 Å². The normalized spacial score (nSPS) is 12.0. The maximum absolute atomic E-state index is 14.7. The van der Waals surface area contributed by atoms with Gasteiger partial charge in [0.15, 0.2) is 0 Å². The van der Waals surface area contributed by atoms with E-state index in [2.05, 4.69) is 9.72 Å². The minimum absolute atomic E-state index is 0.114. The second-order valence-electron chi connectivity index (χ2n) is 5.59. The molecule has 0 aliphatic heterocycles. The lowest BCUT2D eigenvalue weighted by Gasteiger charge is -2.15. The summed E-state index contributed by atoms with van der Waals surface area (Å²) in [4.78, 5) is 17.0. The molecule has 0 bridgehead atoms. The van der Waals surface area contributed by atoms with Crippen LogP contribution in [0.5, 0.6) is 5.75 Å². The molecule has 0 aliphatic carbocycles. The van der Waals surface area contributed by atoms with Crippen LogP contribution in [0, 0.1) is 12.7 Å². The molecule has 136 valence electrons. The lowest BCUT2D eigenvalue weighted by molar-refractivity contribution is 0.0326. The molecular formula is C18H22FNO4S. The summed E-state index contributed by atoms with van der Waals surface area (Å²) in [5.74, 6) is -1.05. The van der Waals surface area contributed by atoms with Gasteiger partial charge in [-0.2, -0.15) is 0 Å². The van der Waals surface area contributed by atoms with Crippen LogP contribution in [0.15, 0.2) is 18.3 Å². The van der Waals surface area contributed by atoms with Crippen LogP contribution in [0.1, 0.15) is 35.5 Å². The van der Waals surface area contributed by atoms with Crippen LogP contribution < -0.4 is 4.74 Å². The Hall–Kier alpha value is -1.99. The van der Waals surface area contributed by atoms with Gasteiger partial charge in [0.25, 0.3) is 0 Å². The molecule has 0 N–H and O–H groups in total. The van der Waals surface area contributed by atoms with E-state index in [0.717, 1.165) is 11.3 Å². The molecule has 2 aromatic rings. The van der Waals surface area contributed by atoms with Gasteiger partial charge in [0.2, 0.25) is 0 Å². The van der Waals surface area contributed by atoms with Gasteiger partial charge in [-0.15, -0.1) is 11.3 Å². The number of carbonyl (C=O) groups is 1. The maximum Gasteiger partial charge on any atom is 0.341 e. The first-order chi connectivity index (χ1) is 12.0. The molecule has 7 heteroatoms. The quantitative estimate of drug-likeness (QED) is 0.653. The molecule has 0 aliphatic rings. The number of rotatable bonds is 8. The predicted molar refractivity (Wildman–Crippen MR) is 94.8 cm³/mol. The van der Waals surface area contributed by atoms with Gasteiger partial charge in [0, 0.05) is 17.7 Å². The van der Waals surface area contributed by atoms with E-state index in [1.807, 2.05) is 20.8 Å². The Morgan fingerprint density at radius 2 is 2.16 bits per heavy atom. The molecule has 0 saturated heterocycles. The largest absolute Gasteiger partial charge is 0.491 e. The average Bonchev–Trinajstić information content (AvgIpc) is 3.04. The van der Waals surface area contributed by atoms with Gasteiger partial charge < -0.3 is 14.2 Å². The van der Waals surface area contributed by atoms with E-state index in [1.165, 1.54) is 24.5 Å². The van der Waals surface area contributed by atoms with Gasteiger partial charge in [0.1, 0.15) is 23.2 Å². The van der Waals surface area contributed by atoms with Crippen molar-refractivity contribution in [1.82, 2.24) is 4.98 Å². The summed E-state index contributed by atoms with van der Waals surface area (Å²) in [6, 6.07) is 2.89. The molecule has 1 atom stereocenters. The highest BCUT2D eigenvalue weighted by molar-refractivity contribution is 7.14. The van der Waals surface area contributed by atoms with Crippen LogP contribution >= 0.6 is 11.3 Å². The fourth-order valence-electron chi connectivity index (χ4n) is 2.16. The molecule has 0 saturated carbocycles. The van der Waals surface area contributed by atoms with Gasteiger partial charge in [-0.25, -0.2) is 14.2 Å². The number of hydrogen-bond acceptors (Lipinski definition) is 6. The number of methoxy groups -OCH3 is 1. The van der Waals surface area contributed by atoms with Gasteiger partial charge >= 0.3 is 5.97 Å². The Morgan fingerprint density at radius 3 is 2.76 bits per heavy atom. The van der Waals surface area contributed by atoms with Crippen molar-refractivity contribution in [3.05, 3.63) is 34.6 Å². The van der Waals surface area contributed by atoms with Gasteiger partial charge in [0.05, 0.1) is 24.3 Å². The second kappa shape index (κ2) is 8.92. The third-order valence-corrected chi connectivity index (χ3v) is 4.34. The highest BCUT2D eigenvalue weighted by Crippen LogP contribution is 2.33. The molecule has 25 heavy (non-hydrogen) atoms. The number of benzene rings is 1. The lowest BCUT2D eigenvalue weighted by atomic mass is 10.1. The van der Waals surface area contributed by atoms with Crippen molar-refractivity contribution in [3.63, 3.8) is 0 Å². The van der Waals surface area contributed by atoms with Crippen LogP contribution in [-0.2, 0) is 9.47 Å². The Bertz CT molecular complexity index is 732. The summed E-state index contributed by atoms with van der Waals surface area (Å²) in [6.45, 7) is 6.74. The molecule has 1 aromatic carbocycles. The number of nitrogens with zero attached hydrogens (tertiary/aromatic N) is 1. The van der Waals surface area contributed by atoms with E-state index >= 15 is 0 Å². The van der Waals surface area contributed by atoms with Crippen LogP contribution in [0.2, 0.25) is 0 Å². The molecule has 0 radical (unpaired) electrons. The SMILES string of the molecule is CCCO[C@@H](C)COc1cc(C(=O)OC)c(F)c(-c2ncc(C)s2)c1. The topological polar surface area (TPSA) is 57.7 Å². The Kier molecular flexibility index (Phi) is 6.90. The zero-order chi connectivity index (χ0) is 18.4. The molecule has 1 heterocycles. The van der Waals surface area contributed by atoms with Crippen LogP contribution in [0.25, 0.3) is 10.6 Å². The van der Waals surface area contributed by atoms with Crippen molar-refractivity contribution in [3.8, 4) is 16.3 Å². The summed E-state index contributed by atoms with van der Waals surface area (Å²) >= 11 is 1.34. The van der Waals surface area contributed by atoms with E-state index < -0.39 is 11.8 Å². The summed E-state index contributed by atoms with van der Waals surface area (Å²) in [5.41, 5.74) is 0.0445. The Morgan fingerprint density at radius 1 is 1.40 bits per heavy atom. The van der Waals surface area contributed by atoms with Crippen LogP contribution in [0.3, 0.4) is 0 Å². The molecule has 2 rings (SSSR count). The van der Waals surface area contributed by atoms with E-state index in [4.69, 9.17) is 9.47 Å². The molecule has 0 amide bonds. The van der Waals surface area contributed by atoms with E-state index in [9.17, 15) is 9.18 Å². The monoisotopic (exact) mass is 367 g/mol. The summed E-state index contributed by atoms with van der Waals surface area (Å²) < 4.78 is 30.7. The minimum Gasteiger partial charge on any atom is -0.491 e. The standard InChI is InChI=1S/C18H22FNO4S/c1-5-6-23-11(2)10-24-13-7-14(17-20-9-12(3)25-17)16(19)15(8-13)18(21)22-4/h7-9,11H,5-6,10H2,1-4H3/t11-/m0/s1. The molecule has 1 aromatic heterocycles. The molecular weight excluding hydrogens is 345 g/mol. The number of aryl methyl sites for hydroxylation is 1. The van der Waals surface area contributed by atoms with Crippen molar-refractivity contribution in [1.29, 1.82) is 0 Å².